The number of ether oxygens (including phenoxy) is 1. The Balaban J connectivity index is 2.12. The second-order valence-corrected chi connectivity index (χ2v) is 5.78. The molecular formula is C14H20INO. The standard InChI is InChI=1S/C14H20INO/c1-2-16-14(12-7-9-17-10-8-12)11-3-5-13(15)6-4-11/h3-6,12,14,16H,2,7-10H2,1H3. The van der Waals surface area contributed by atoms with E-state index in [0.717, 1.165) is 19.8 Å². The summed E-state index contributed by atoms with van der Waals surface area (Å²) in [6.45, 7) is 5.03. The van der Waals surface area contributed by atoms with E-state index in [4.69, 9.17) is 4.74 Å². The highest BCUT2D eigenvalue weighted by Gasteiger charge is 2.24. The fourth-order valence-corrected chi connectivity index (χ4v) is 2.86. The van der Waals surface area contributed by atoms with Crippen molar-refractivity contribution >= 4 is 22.6 Å². The number of halogens is 1. The van der Waals surface area contributed by atoms with Crippen molar-refractivity contribution < 1.29 is 4.74 Å². The smallest absolute Gasteiger partial charge is 0.0469 e. The van der Waals surface area contributed by atoms with Gasteiger partial charge in [0.2, 0.25) is 0 Å². The lowest BCUT2D eigenvalue weighted by molar-refractivity contribution is 0.0538. The molecule has 1 aromatic rings. The number of nitrogens with one attached hydrogen (secondary N) is 1. The highest BCUT2D eigenvalue weighted by molar-refractivity contribution is 14.1. The number of hydrogen-bond donors (Lipinski definition) is 1. The van der Waals surface area contributed by atoms with E-state index >= 15 is 0 Å². The van der Waals surface area contributed by atoms with Crippen molar-refractivity contribution in [3.8, 4) is 0 Å². The van der Waals surface area contributed by atoms with Gasteiger partial charge in [0.1, 0.15) is 0 Å². The van der Waals surface area contributed by atoms with Crippen LogP contribution in [0.1, 0.15) is 31.4 Å². The molecule has 1 aliphatic heterocycles. The summed E-state index contributed by atoms with van der Waals surface area (Å²) in [6, 6.07) is 9.38. The van der Waals surface area contributed by atoms with Crippen LogP contribution in [0.15, 0.2) is 24.3 Å². The molecule has 17 heavy (non-hydrogen) atoms. The maximum Gasteiger partial charge on any atom is 0.0469 e. The van der Waals surface area contributed by atoms with Crippen molar-refractivity contribution in [3.05, 3.63) is 33.4 Å². The molecule has 1 aliphatic rings. The highest BCUT2D eigenvalue weighted by atomic mass is 127. The minimum atomic E-state index is 0.487. The molecule has 1 fully saturated rings. The van der Waals surface area contributed by atoms with Gasteiger partial charge in [-0.3, -0.25) is 0 Å². The van der Waals surface area contributed by atoms with Crippen LogP contribution >= 0.6 is 22.6 Å². The first-order chi connectivity index (χ1) is 8.31. The zero-order chi connectivity index (χ0) is 12.1. The molecule has 1 atom stereocenters. The summed E-state index contributed by atoms with van der Waals surface area (Å²) in [5.41, 5.74) is 1.42. The van der Waals surface area contributed by atoms with Crippen LogP contribution in [0.25, 0.3) is 0 Å². The van der Waals surface area contributed by atoms with E-state index in [0.29, 0.717) is 12.0 Å². The normalized spacial score (nSPS) is 19.2. The van der Waals surface area contributed by atoms with Crippen LogP contribution in [-0.4, -0.2) is 19.8 Å². The topological polar surface area (TPSA) is 21.3 Å². The molecule has 0 aromatic heterocycles. The average molecular weight is 345 g/mol. The van der Waals surface area contributed by atoms with E-state index in [2.05, 4.69) is 59.1 Å². The molecule has 1 unspecified atom stereocenters. The Morgan fingerprint density at radius 1 is 1.29 bits per heavy atom. The Kier molecular flexibility index (Phi) is 5.25. The van der Waals surface area contributed by atoms with Crippen molar-refractivity contribution in [1.29, 1.82) is 0 Å². The summed E-state index contributed by atoms with van der Waals surface area (Å²) < 4.78 is 6.75. The van der Waals surface area contributed by atoms with Gasteiger partial charge < -0.3 is 10.1 Å². The van der Waals surface area contributed by atoms with Crippen molar-refractivity contribution in [2.45, 2.75) is 25.8 Å². The Hall–Kier alpha value is -0.130. The van der Waals surface area contributed by atoms with Gasteiger partial charge in [-0.25, -0.2) is 0 Å². The van der Waals surface area contributed by atoms with Gasteiger partial charge in [0, 0.05) is 22.8 Å². The molecule has 0 radical (unpaired) electrons. The third-order valence-corrected chi connectivity index (χ3v) is 4.11. The molecule has 0 spiro atoms. The summed E-state index contributed by atoms with van der Waals surface area (Å²) in [4.78, 5) is 0. The van der Waals surface area contributed by atoms with Gasteiger partial charge in [-0.2, -0.15) is 0 Å². The first-order valence-corrected chi connectivity index (χ1v) is 7.45. The van der Waals surface area contributed by atoms with E-state index in [9.17, 15) is 0 Å². The van der Waals surface area contributed by atoms with Gasteiger partial charge in [0.15, 0.2) is 0 Å². The molecule has 1 heterocycles. The molecule has 1 N–H and O–H groups in total. The number of rotatable bonds is 4. The zero-order valence-corrected chi connectivity index (χ0v) is 12.4. The lowest BCUT2D eigenvalue weighted by Crippen LogP contribution is -2.32. The van der Waals surface area contributed by atoms with Gasteiger partial charge >= 0.3 is 0 Å². The van der Waals surface area contributed by atoms with Crippen molar-refractivity contribution in [3.63, 3.8) is 0 Å². The minimum absolute atomic E-state index is 0.487. The largest absolute Gasteiger partial charge is 0.381 e. The molecule has 2 nitrogen and oxygen atoms in total. The summed E-state index contributed by atoms with van der Waals surface area (Å²) in [6.07, 6.45) is 2.34. The van der Waals surface area contributed by atoms with Crippen molar-refractivity contribution in [2.75, 3.05) is 19.8 Å². The Morgan fingerprint density at radius 3 is 2.53 bits per heavy atom. The Labute approximate surface area is 117 Å². The molecule has 2 rings (SSSR count). The predicted octanol–water partition coefficient (Wildman–Crippen LogP) is 3.37. The van der Waals surface area contributed by atoms with E-state index < -0.39 is 0 Å². The first-order valence-electron chi connectivity index (χ1n) is 6.38. The third-order valence-electron chi connectivity index (χ3n) is 3.39. The lowest BCUT2D eigenvalue weighted by atomic mass is 9.87. The molecular weight excluding hydrogens is 325 g/mol. The maximum absolute atomic E-state index is 5.45. The van der Waals surface area contributed by atoms with E-state index in [-0.39, 0.29) is 0 Å². The van der Waals surface area contributed by atoms with Crippen LogP contribution in [0.4, 0.5) is 0 Å². The van der Waals surface area contributed by atoms with Gasteiger partial charge in [-0.1, -0.05) is 19.1 Å². The molecule has 1 aromatic carbocycles. The van der Waals surface area contributed by atoms with Crippen LogP contribution in [0.2, 0.25) is 0 Å². The summed E-state index contributed by atoms with van der Waals surface area (Å²) in [5.74, 6) is 0.712. The van der Waals surface area contributed by atoms with E-state index in [1.54, 1.807) is 0 Å². The quantitative estimate of drug-likeness (QED) is 0.845. The lowest BCUT2D eigenvalue weighted by Gasteiger charge is -2.31. The second-order valence-electron chi connectivity index (χ2n) is 4.54. The third kappa shape index (κ3) is 3.66. The SMILES string of the molecule is CCNC(c1ccc(I)cc1)C1CCOCC1. The van der Waals surface area contributed by atoms with Gasteiger partial charge in [-0.15, -0.1) is 0 Å². The molecule has 0 saturated carbocycles. The van der Waals surface area contributed by atoms with Crippen LogP contribution in [0, 0.1) is 9.49 Å². The Morgan fingerprint density at radius 2 is 1.94 bits per heavy atom. The molecule has 1 saturated heterocycles. The fourth-order valence-electron chi connectivity index (χ4n) is 2.50. The summed E-state index contributed by atoms with van der Waals surface area (Å²) in [5, 5.41) is 3.63. The monoisotopic (exact) mass is 345 g/mol. The van der Waals surface area contributed by atoms with E-state index in [1.165, 1.54) is 22.0 Å². The summed E-state index contributed by atoms with van der Waals surface area (Å²) >= 11 is 2.36. The first kappa shape index (κ1) is 13.3. The zero-order valence-electron chi connectivity index (χ0n) is 10.3. The fraction of sp³-hybridized carbons (Fsp3) is 0.571. The van der Waals surface area contributed by atoms with Gasteiger partial charge in [0.05, 0.1) is 0 Å². The second kappa shape index (κ2) is 6.71. The molecule has 0 aliphatic carbocycles. The highest BCUT2D eigenvalue weighted by Crippen LogP contribution is 2.30. The molecule has 0 amide bonds. The molecule has 3 heteroatoms. The van der Waals surface area contributed by atoms with E-state index in [1.807, 2.05) is 0 Å². The van der Waals surface area contributed by atoms with Crippen molar-refractivity contribution in [2.24, 2.45) is 5.92 Å². The average Bonchev–Trinajstić information content (AvgIpc) is 2.38. The van der Waals surface area contributed by atoms with Crippen LogP contribution in [-0.2, 0) is 4.74 Å². The van der Waals surface area contributed by atoms with Crippen LogP contribution in [0.5, 0.6) is 0 Å². The number of benzene rings is 1. The Bertz CT molecular complexity index is 333. The number of hydrogen-bond acceptors (Lipinski definition) is 2. The minimum Gasteiger partial charge on any atom is -0.381 e. The molecule has 94 valence electrons. The van der Waals surface area contributed by atoms with Crippen molar-refractivity contribution in [1.82, 2.24) is 5.32 Å². The summed E-state index contributed by atoms with van der Waals surface area (Å²) in [7, 11) is 0. The maximum atomic E-state index is 5.45. The van der Waals surface area contributed by atoms with Crippen LogP contribution in [0.3, 0.4) is 0 Å². The van der Waals surface area contributed by atoms with Gasteiger partial charge in [-0.05, 0) is 65.6 Å². The van der Waals surface area contributed by atoms with Gasteiger partial charge in [0.25, 0.3) is 0 Å². The van der Waals surface area contributed by atoms with Crippen LogP contribution < -0.4 is 5.32 Å². The molecule has 0 bridgehead atoms. The predicted molar refractivity (Wildman–Crippen MR) is 79.1 cm³/mol.